The van der Waals surface area contributed by atoms with Crippen molar-refractivity contribution in [2.75, 3.05) is 16.8 Å². The van der Waals surface area contributed by atoms with E-state index in [0.29, 0.717) is 18.5 Å². The SMILES string of the molecule is O=C(Cc1ccc(N2CCCC2=O)cc1)Nc1nnc(C(F)(F)F)s1. The van der Waals surface area contributed by atoms with Crippen LogP contribution in [0.2, 0.25) is 0 Å². The van der Waals surface area contributed by atoms with Crippen LogP contribution >= 0.6 is 11.3 Å². The number of carbonyl (C=O) groups excluding carboxylic acids is 2. The minimum atomic E-state index is -4.58. The number of carbonyl (C=O) groups is 2. The number of anilines is 2. The van der Waals surface area contributed by atoms with Crippen molar-refractivity contribution >= 4 is 34.0 Å². The average molecular weight is 370 g/mol. The maximum absolute atomic E-state index is 12.4. The molecule has 0 unspecified atom stereocenters. The van der Waals surface area contributed by atoms with Gasteiger partial charge in [0.2, 0.25) is 22.0 Å². The summed E-state index contributed by atoms with van der Waals surface area (Å²) in [5.74, 6) is -0.419. The first-order valence-corrected chi connectivity index (χ1v) is 8.24. The van der Waals surface area contributed by atoms with E-state index in [2.05, 4.69) is 15.5 Å². The molecule has 1 fully saturated rings. The zero-order valence-electron chi connectivity index (χ0n) is 12.8. The molecule has 1 saturated heterocycles. The van der Waals surface area contributed by atoms with Crippen LogP contribution in [0.1, 0.15) is 23.4 Å². The van der Waals surface area contributed by atoms with Crippen molar-refractivity contribution in [2.24, 2.45) is 0 Å². The Bertz CT molecular complexity index is 789. The number of amides is 2. The topological polar surface area (TPSA) is 75.2 Å². The number of rotatable bonds is 4. The summed E-state index contributed by atoms with van der Waals surface area (Å²) in [5.41, 5.74) is 1.44. The third kappa shape index (κ3) is 4.13. The van der Waals surface area contributed by atoms with E-state index >= 15 is 0 Å². The Morgan fingerprint density at radius 2 is 1.96 bits per heavy atom. The summed E-state index contributed by atoms with van der Waals surface area (Å²) in [7, 11) is 0. The lowest BCUT2D eigenvalue weighted by Crippen LogP contribution is -2.23. The van der Waals surface area contributed by atoms with Gasteiger partial charge in [-0.3, -0.25) is 9.59 Å². The van der Waals surface area contributed by atoms with Crippen molar-refractivity contribution in [3.05, 3.63) is 34.8 Å². The molecule has 0 bridgehead atoms. The van der Waals surface area contributed by atoms with Gasteiger partial charge in [0, 0.05) is 18.7 Å². The molecule has 3 rings (SSSR count). The zero-order valence-corrected chi connectivity index (χ0v) is 13.7. The number of hydrogen-bond donors (Lipinski definition) is 1. The maximum Gasteiger partial charge on any atom is 0.445 e. The van der Waals surface area contributed by atoms with Crippen LogP contribution in [-0.2, 0) is 22.2 Å². The second kappa shape index (κ2) is 6.79. The predicted octanol–water partition coefficient (Wildman–Crippen LogP) is 2.86. The lowest BCUT2D eigenvalue weighted by Gasteiger charge is -2.15. The van der Waals surface area contributed by atoms with Crippen LogP contribution in [0.3, 0.4) is 0 Å². The number of halogens is 3. The molecule has 25 heavy (non-hydrogen) atoms. The van der Waals surface area contributed by atoms with Gasteiger partial charge in [0.1, 0.15) is 0 Å². The highest BCUT2D eigenvalue weighted by Crippen LogP contribution is 2.33. The zero-order chi connectivity index (χ0) is 18.0. The first-order valence-electron chi connectivity index (χ1n) is 7.43. The highest BCUT2D eigenvalue weighted by molar-refractivity contribution is 7.15. The lowest BCUT2D eigenvalue weighted by molar-refractivity contribution is -0.138. The third-order valence-corrected chi connectivity index (χ3v) is 4.48. The number of hydrogen-bond acceptors (Lipinski definition) is 5. The molecule has 1 aliphatic heterocycles. The maximum atomic E-state index is 12.4. The third-order valence-electron chi connectivity index (χ3n) is 3.60. The van der Waals surface area contributed by atoms with Crippen LogP contribution < -0.4 is 10.2 Å². The standard InChI is InChI=1S/C15H13F3N4O2S/c16-15(17,18)13-20-21-14(25-13)19-11(23)8-9-3-5-10(6-4-9)22-7-1-2-12(22)24/h3-6H,1-2,7-8H2,(H,19,21,23). The summed E-state index contributed by atoms with van der Waals surface area (Å²) in [6.45, 7) is 0.678. The van der Waals surface area contributed by atoms with E-state index in [1.807, 2.05) is 0 Å². The second-order valence-electron chi connectivity index (χ2n) is 5.45. The summed E-state index contributed by atoms with van der Waals surface area (Å²) >= 11 is 0.275. The van der Waals surface area contributed by atoms with Gasteiger partial charge in [0.15, 0.2) is 0 Å². The highest BCUT2D eigenvalue weighted by Gasteiger charge is 2.35. The van der Waals surface area contributed by atoms with Crippen LogP contribution in [0.25, 0.3) is 0 Å². The van der Waals surface area contributed by atoms with E-state index in [1.54, 1.807) is 29.2 Å². The predicted molar refractivity (Wildman–Crippen MR) is 85.3 cm³/mol. The molecule has 0 radical (unpaired) electrons. The summed E-state index contributed by atoms with van der Waals surface area (Å²) in [4.78, 5) is 25.3. The summed E-state index contributed by atoms with van der Waals surface area (Å²) < 4.78 is 37.3. The molecule has 0 saturated carbocycles. The normalized spacial score (nSPS) is 14.8. The molecule has 2 aromatic rings. The molecule has 132 valence electrons. The number of aromatic nitrogens is 2. The van der Waals surface area contributed by atoms with Crippen molar-refractivity contribution in [3.63, 3.8) is 0 Å². The number of nitrogens with one attached hydrogen (secondary N) is 1. The molecule has 2 heterocycles. The molecule has 1 aliphatic rings. The fourth-order valence-electron chi connectivity index (χ4n) is 2.45. The highest BCUT2D eigenvalue weighted by atomic mass is 32.1. The molecule has 6 nitrogen and oxygen atoms in total. The van der Waals surface area contributed by atoms with E-state index in [4.69, 9.17) is 0 Å². The van der Waals surface area contributed by atoms with Gasteiger partial charge in [-0.2, -0.15) is 13.2 Å². The Kier molecular flexibility index (Phi) is 4.71. The van der Waals surface area contributed by atoms with E-state index in [9.17, 15) is 22.8 Å². The van der Waals surface area contributed by atoms with Gasteiger partial charge in [-0.25, -0.2) is 0 Å². The molecule has 2 amide bonds. The number of alkyl halides is 3. The Balaban J connectivity index is 1.59. The van der Waals surface area contributed by atoms with Crippen molar-refractivity contribution in [1.82, 2.24) is 10.2 Å². The number of nitrogens with zero attached hydrogens (tertiary/aromatic N) is 3. The molecule has 0 spiro atoms. The molecule has 1 N–H and O–H groups in total. The van der Waals surface area contributed by atoms with E-state index < -0.39 is 17.1 Å². The molecule has 1 aromatic heterocycles. The monoisotopic (exact) mass is 370 g/mol. The summed E-state index contributed by atoms with van der Waals surface area (Å²) in [6, 6.07) is 6.92. The summed E-state index contributed by atoms with van der Waals surface area (Å²) in [5, 5.41) is 7.31. The van der Waals surface area contributed by atoms with Crippen molar-refractivity contribution < 1.29 is 22.8 Å². The van der Waals surface area contributed by atoms with Crippen LogP contribution in [-0.4, -0.2) is 28.6 Å². The van der Waals surface area contributed by atoms with Crippen LogP contribution in [0.15, 0.2) is 24.3 Å². The van der Waals surface area contributed by atoms with E-state index in [-0.39, 0.29) is 28.8 Å². The Labute approximate surface area is 144 Å². The quantitative estimate of drug-likeness (QED) is 0.898. The Morgan fingerprint density at radius 3 is 2.52 bits per heavy atom. The molecule has 10 heteroatoms. The van der Waals surface area contributed by atoms with Crippen molar-refractivity contribution in [2.45, 2.75) is 25.4 Å². The molecule has 0 atom stereocenters. The first-order chi connectivity index (χ1) is 11.8. The van der Waals surface area contributed by atoms with Gasteiger partial charge in [0.05, 0.1) is 6.42 Å². The minimum absolute atomic E-state index is 0.0187. The first kappa shape index (κ1) is 17.3. The second-order valence-corrected chi connectivity index (χ2v) is 6.43. The van der Waals surface area contributed by atoms with Gasteiger partial charge >= 0.3 is 6.18 Å². The fraction of sp³-hybridized carbons (Fsp3) is 0.333. The van der Waals surface area contributed by atoms with Gasteiger partial charge in [0.25, 0.3) is 0 Å². The number of benzene rings is 1. The summed E-state index contributed by atoms with van der Waals surface area (Å²) in [6.07, 6.45) is -3.24. The van der Waals surface area contributed by atoms with Gasteiger partial charge in [-0.15, -0.1) is 10.2 Å². The van der Waals surface area contributed by atoms with Crippen LogP contribution in [0.5, 0.6) is 0 Å². The van der Waals surface area contributed by atoms with E-state index in [0.717, 1.165) is 12.1 Å². The Hall–Kier alpha value is -2.49. The molecular weight excluding hydrogens is 357 g/mol. The fourth-order valence-corrected chi connectivity index (χ4v) is 3.08. The van der Waals surface area contributed by atoms with Crippen LogP contribution in [0.4, 0.5) is 24.0 Å². The Morgan fingerprint density at radius 1 is 1.24 bits per heavy atom. The van der Waals surface area contributed by atoms with Crippen LogP contribution in [0, 0.1) is 0 Å². The molecule has 1 aromatic carbocycles. The average Bonchev–Trinajstić information content (AvgIpc) is 3.17. The van der Waals surface area contributed by atoms with Gasteiger partial charge < -0.3 is 10.2 Å². The van der Waals surface area contributed by atoms with Crippen molar-refractivity contribution in [1.29, 1.82) is 0 Å². The molecule has 0 aliphatic carbocycles. The van der Waals surface area contributed by atoms with E-state index in [1.165, 1.54) is 0 Å². The van der Waals surface area contributed by atoms with Gasteiger partial charge in [-0.05, 0) is 24.1 Å². The lowest BCUT2D eigenvalue weighted by atomic mass is 10.1. The smallest absolute Gasteiger partial charge is 0.312 e. The largest absolute Gasteiger partial charge is 0.445 e. The van der Waals surface area contributed by atoms with Gasteiger partial charge in [-0.1, -0.05) is 23.5 Å². The molecular formula is C15H13F3N4O2S. The van der Waals surface area contributed by atoms with Crippen molar-refractivity contribution in [3.8, 4) is 0 Å². The minimum Gasteiger partial charge on any atom is -0.312 e.